The van der Waals surface area contributed by atoms with Crippen LogP contribution in [0.25, 0.3) is 0 Å². The molecule has 0 fully saturated rings. The first-order valence-corrected chi connectivity index (χ1v) is 5.99. The quantitative estimate of drug-likeness (QED) is 0.409. The highest BCUT2D eigenvalue weighted by molar-refractivity contribution is 6.05. The molecule has 2 atom stereocenters. The molecule has 0 saturated carbocycles. The van der Waals surface area contributed by atoms with Gasteiger partial charge in [0.2, 0.25) is 0 Å². The number of hydrogen-bond donors (Lipinski definition) is 0. The summed E-state index contributed by atoms with van der Waals surface area (Å²) in [5.74, 6) is -0.904. The number of carbonyl (C=O) groups is 2. The SMILES string of the molecule is CCCCCC1CC=CC(=O)C1C(=O)OC. The molecule has 0 aliphatic heterocycles. The monoisotopic (exact) mass is 224 g/mol. The first-order chi connectivity index (χ1) is 7.70. The predicted octanol–water partition coefficient (Wildman–Crippen LogP) is 2.50. The molecule has 0 radical (unpaired) electrons. The number of ketones is 1. The second-order valence-electron chi connectivity index (χ2n) is 4.30. The molecular weight excluding hydrogens is 204 g/mol. The third-order valence-electron chi connectivity index (χ3n) is 3.13. The molecule has 1 aliphatic carbocycles. The summed E-state index contributed by atoms with van der Waals surface area (Å²) in [5.41, 5.74) is 0. The summed E-state index contributed by atoms with van der Waals surface area (Å²) in [6, 6.07) is 0. The van der Waals surface area contributed by atoms with Crippen LogP contribution in [0.2, 0.25) is 0 Å². The Morgan fingerprint density at radius 3 is 2.88 bits per heavy atom. The van der Waals surface area contributed by atoms with Crippen molar-refractivity contribution in [3.05, 3.63) is 12.2 Å². The summed E-state index contributed by atoms with van der Waals surface area (Å²) in [7, 11) is 1.34. The fraction of sp³-hybridized carbons (Fsp3) is 0.692. The minimum Gasteiger partial charge on any atom is -0.468 e. The van der Waals surface area contributed by atoms with Gasteiger partial charge in [-0.15, -0.1) is 0 Å². The maximum atomic E-state index is 11.7. The van der Waals surface area contributed by atoms with E-state index >= 15 is 0 Å². The fourth-order valence-corrected chi connectivity index (χ4v) is 2.21. The molecule has 0 spiro atoms. The van der Waals surface area contributed by atoms with Gasteiger partial charge >= 0.3 is 5.97 Å². The highest BCUT2D eigenvalue weighted by Gasteiger charge is 2.35. The van der Waals surface area contributed by atoms with Gasteiger partial charge in [0.05, 0.1) is 7.11 Å². The van der Waals surface area contributed by atoms with Gasteiger partial charge < -0.3 is 4.74 Å². The number of methoxy groups -OCH3 is 1. The largest absolute Gasteiger partial charge is 0.468 e. The lowest BCUT2D eigenvalue weighted by Gasteiger charge is -2.25. The van der Waals surface area contributed by atoms with E-state index in [1.165, 1.54) is 13.2 Å². The third kappa shape index (κ3) is 3.19. The lowest BCUT2D eigenvalue weighted by Crippen LogP contribution is -2.33. The second kappa shape index (κ2) is 6.46. The van der Waals surface area contributed by atoms with Crippen LogP contribution in [0.15, 0.2) is 12.2 Å². The van der Waals surface area contributed by atoms with Crippen molar-refractivity contribution in [2.45, 2.75) is 39.0 Å². The summed E-state index contributed by atoms with van der Waals surface area (Å²) in [6.07, 6.45) is 8.52. The van der Waals surface area contributed by atoms with E-state index in [1.807, 2.05) is 6.08 Å². The van der Waals surface area contributed by atoms with E-state index in [0.29, 0.717) is 0 Å². The fourth-order valence-electron chi connectivity index (χ4n) is 2.21. The second-order valence-corrected chi connectivity index (χ2v) is 4.30. The predicted molar refractivity (Wildman–Crippen MR) is 61.9 cm³/mol. The smallest absolute Gasteiger partial charge is 0.316 e. The molecule has 0 aromatic heterocycles. The maximum Gasteiger partial charge on any atom is 0.316 e. The third-order valence-corrected chi connectivity index (χ3v) is 3.13. The standard InChI is InChI=1S/C13H20O3/c1-3-4-5-7-10-8-6-9-11(14)12(10)13(15)16-2/h6,9-10,12H,3-5,7-8H2,1-2H3. The molecule has 0 saturated heterocycles. The van der Waals surface area contributed by atoms with Crippen molar-refractivity contribution in [2.75, 3.05) is 7.11 Å². The van der Waals surface area contributed by atoms with E-state index < -0.39 is 5.92 Å². The highest BCUT2D eigenvalue weighted by atomic mass is 16.5. The Bertz CT molecular complexity index is 281. The van der Waals surface area contributed by atoms with Gasteiger partial charge in [-0.2, -0.15) is 0 Å². The van der Waals surface area contributed by atoms with Gasteiger partial charge in [-0.25, -0.2) is 0 Å². The van der Waals surface area contributed by atoms with E-state index in [9.17, 15) is 9.59 Å². The van der Waals surface area contributed by atoms with Crippen molar-refractivity contribution in [1.29, 1.82) is 0 Å². The lowest BCUT2D eigenvalue weighted by atomic mass is 9.79. The van der Waals surface area contributed by atoms with E-state index in [4.69, 9.17) is 4.74 Å². The van der Waals surface area contributed by atoms with Crippen molar-refractivity contribution in [3.63, 3.8) is 0 Å². The molecule has 1 aliphatic rings. The van der Waals surface area contributed by atoms with Gasteiger partial charge in [0, 0.05) is 0 Å². The topological polar surface area (TPSA) is 43.4 Å². The Labute approximate surface area is 96.9 Å². The summed E-state index contributed by atoms with van der Waals surface area (Å²) < 4.78 is 4.70. The minimum atomic E-state index is -0.563. The number of hydrogen-bond acceptors (Lipinski definition) is 3. The normalized spacial score (nSPS) is 24.5. The molecule has 0 aromatic carbocycles. The van der Waals surface area contributed by atoms with Crippen LogP contribution in [-0.2, 0) is 14.3 Å². The molecule has 2 unspecified atom stereocenters. The Balaban J connectivity index is 2.61. The van der Waals surface area contributed by atoms with Gasteiger partial charge in [-0.05, 0) is 24.8 Å². The number of esters is 1. The van der Waals surface area contributed by atoms with E-state index in [1.54, 1.807) is 0 Å². The number of allylic oxidation sites excluding steroid dienone is 2. The molecule has 0 heterocycles. The van der Waals surface area contributed by atoms with Crippen LogP contribution in [0.3, 0.4) is 0 Å². The molecule has 1 rings (SSSR count). The summed E-state index contributed by atoms with van der Waals surface area (Å²) in [4.78, 5) is 23.2. The first kappa shape index (κ1) is 12.9. The molecule has 3 nitrogen and oxygen atoms in total. The zero-order chi connectivity index (χ0) is 12.0. The van der Waals surface area contributed by atoms with Gasteiger partial charge in [-0.3, -0.25) is 9.59 Å². The lowest BCUT2D eigenvalue weighted by molar-refractivity contribution is -0.151. The zero-order valence-electron chi connectivity index (χ0n) is 10.1. The molecule has 0 bridgehead atoms. The van der Waals surface area contributed by atoms with E-state index in [2.05, 4.69) is 6.92 Å². The van der Waals surface area contributed by atoms with Crippen LogP contribution in [0.5, 0.6) is 0 Å². The van der Waals surface area contributed by atoms with Gasteiger partial charge in [0.15, 0.2) is 5.78 Å². The molecule has 0 N–H and O–H groups in total. The maximum absolute atomic E-state index is 11.7. The summed E-state index contributed by atoms with van der Waals surface area (Å²) >= 11 is 0. The van der Waals surface area contributed by atoms with Crippen molar-refractivity contribution in [3.8, 4) is 0 Å². The van der Waals surface area contributed by atoms with Crippen LogP contribution in [-0.4, -0.2) is 18.9 Å². The Morgan fingerprint density at radius 2 is 2.25 bits per heavy atom. The number of rotatable bonds is 5. The van der Waals surface area contributed by atoms with Crippen LogP contribution < -0.4 is 0 Å². The molecule has 3 heteroatoms. The minimum absolute atomic E-state index is 0.0976. The van der Waals surface area contributed by atoms with Gasteiger partial charge in [0.1, 0.15) is 5.92 Å². The summed E-state index contributed by atoms with van der Waals surface area (Å²) in [5, 5.41) is 0. The summed E-state index contributed by atoms with van der Waals surface area (Å²) in [6.45, 7) is 2.14. The first-order valence-electron chi connectivity index (χ1n) is 5.99. The van der Waals surface area contributed by atoms with Crippen molar-refractivity contribution in [1.82, 2.24) is 0 Å². The number of unbranched alkanes of at least 4 members (excludes halogenated alkanes) is 2. The van der Waals surface area contributed by atoms with Crippen molar-refractivity contribution < 1.29 is 14.3 Å². The Kier molecular flexibility index (Phi) is 5.23. The van der Waals surface area contributed by atoms with Crippen molar-refractivity contribution >= 4 is 11.8 Å². The highest BCUT2D eigenvalue weighted by Crippen LogP contribution is 2.28. The van der Waals surface area contributed by atoms with Gasteiger partial charge in [-0.1, -0.05) is 32.3 Å². The van der Waals surface area contributed by atoms with Crippen LogP contribution in [0.4, 0.5) is 0 Å². The molecule has 90 valence electrons. The van der Waals surface area contributed by atoms with E-state index in [-0.39, 0.29) is 17.7 Å². The molecule has 0 amide bonds. The molecule has 16 heavy (non-hydrogen) atoms. The Hall–Kier alpha value is -1.12. The Morgan fingerprint density at radius 1 is 1.50 bits per heavy atom. The number of carbonyl (C=O) groups excluding carboxylic acids is 2. The van der Waals surface area contributed by atoms with Crippen LogP contribution in [0.1, 0.15) is 39.0 Å². The number of ether oxygens (including phenoxy) is 1. The van der Waals surface area contributed by atoms with Gasteiger partial charge in [0.25, 0.3) is 0 Å². The zero-order valence-corrected chi connectivity index (χ0v) is 10.1. The van der Waals surface area contributed by atoms with Crippen LogP contribution in [0, 0.1) is 11.8 Å². The van der Waals surface area contributed by atoms with E-state index in [0.717, 1.165) is 32.1 Å². The average molecular weight is 224 g/mol. The molecule has 0 aromatic rings. The molecular formula is C13H20O3. The average Bonchev–Trinajstić information content (AvgIpc) is 2.29. The van der Waals surface area contributed by atoms with Crippen LogP contribution >= 0.6 is 0 Å². The van der Waals surface area contributed by atoms with Crippen molar-refractivity contribution in [2.24, 2.45) is 11.8 Å².